The molecule has 1 N–H and O–H groups in total. The van der Waals surface area contributed by atoms with E-state index in [2.05, 4.69) is 29.2 Å². The van der Waals surface area contributed by atoms with Gasteiger partial charge in [0.25, 0.3) is 5.56 Å². The van der Waals surface area contributed by atoms with Gasteiger partial charge in [-0.05, 0) is 42.2 Å². The first-order valence-electron chi connectivity index (χ1n) is 9.95. The molecule has 7 heteroatoms. The number of benzene rings is 2. The van der Waals surface area contributed by atoms with Crippen molar-refractivity contribution in [3.63, 3.8) is 0 Å². The van der Waals surface area contributed by atoms with Crippen LogP contribution in [0, 0.1) is 0 Å². The molecule has 1 amide bonds. The largest absolute Gasteiger partial charge is 0.325 e. The highest BCUT2D eigenvalue weighted by atomic mass is 16.2. The van der Waals surface area contributed by atoms with Crippen molar-refractivity contribution in [1.29, 1.82) is 0 Å². The number of carbonyl (C=O) groups is 1. The van der Waals surface area contributed by atoms with Crippen LogP contribution in [0.4, 0.5) is 5.69 Å². The van der Waals surface area contributed by atoms with Crippen LogP contribution in [0.25, 0.3) is 16.7 Å². The second-order valence-electron chi connectivity index (χ2n) is 7.29. The molecule has 0 saturated carbocycles. The first-order valence-corrected chi connectivity index (χ1v) is 9.95. The van der Waals surface area contributed by atoms with Crippen molar-refractivity contribution >= 4 is 22.6 Å². The molecule has 152 valence electrons. The van der Waals surface area contributed by atoms with E-state index >= 15 is 0 Å². The molecule has 2 aromatic heterocycles. The molecule has 4 rings (SSSR count). The smallest absolute Gasteiger partial charge is 0.264 e. The van der Waals surface area contributed by atoms with Gasteiger partial charge in [-0.1, -0.05) is 44.2 Å². The highest BCUT2D eigenvalue weighted by Crippen LogP contribution is 2.20. The Morgan fingerprint density at radius 1 is 1.10 bits per heavy atom. The monoisotopic (exact) mass is 401 g/mol. The third-order valence-electron chi connectivity index (χ3n) is 5.25. The van der Waals surface area contributed by atoms with E-state index in [1.807, 2.05) is 54.6 Å². The van der Waals surface area contributed by atoms with Crippen molar-refractivity contribution in [2.75, 3.05) is 5.32 Å². The molecule has 1 atom stereocenters. The number of nitrogens with zero attached hydrogens (tertiary/aromatic N) is 4. The second-order valence-corrected chi connectivity index (χ2v) is 7.29. The lowest BCUT2D eigenvalue weighted by atomic mass is 9.99. The maximum Gasteiger partial charge on any atom is 0.264 e. The number of hydrogen-bond donors (Lipinski definition) is 1. The Morgan fingerprint density at radius 2 is 1.83 bits per heavy atom. The van der Waals surface area contributed by atoms with Crippen molar-refractivity contribution in [2.24, 2.45) is 0 Å². The van der Waals surface area contributed by atoms with Crippen LogP contribution in [0.2, 0.25) is 0 Å². The minimum atomic E-state index is -0.301. The van der Waals surface area contributed by atoms with E-state index in [0.29, 0.717) is 22.6 Å². The van der Waals surface area contributed by atoms with Gasteiger partial charge in [0.2, 0.25) is 5.91 Å². The van der Waals surface area contributed by atoms with E-state index in [-0.39, 0.29) is 18.0 Å². The Bertz CT molecular complexity index is 1230. The molecule has 0 spiro atoms. The van der Waals surface area contributed by atoms with E-state index in [1.54, 1.807) is 4.68 Å². The Labute approximate surface area is 174 Å². The van der Waals surface area contributed by atoms with Gasteiger partial charge in [0.05, 0.1) is 11.9 Å². The molecule has 0 radical (unpaired) electrons. The van der Waals surface area contributed by atoms with Gasteiger partial charge < -0.3 is 5.32 Å². The Hall–Kier alpha value is -3.74. The number of hydrogen-bond acceptors (Lipinski definition) is 4. The lowest BCUT2D eigenvalue weighted by molar-refractivity contribution is -0.116. The van der Waals surface area contributed by atoms with Gasteiger partial charge >= 0.3 is 0 Å². The highest BCUT2D eigenvalue weighted by Gasteiger charge is 2.13. The van der Waals surface area contributed by atoms with Crippen molar-refractivity contribution in [1.82, 2.24) is 19.3 Å². The molecule has 0 aliphatic heterocycles. The predicted molar refractivity (Wildman–Crippen MR) is 117 cm³/mol. The first-order chi connectivity index (χ1) is 14.6. The zero-order valence-electron chi connectivity index (χ0n) is 16.9. The average Bonchev–Trinajstić information content (AvgIpc) is 3.21. The van der Waals surface area contributed by atoms with E-state index in [0.717, 1.165) is 12.1 Å². The van der Waals surface area contributed by atoms with Gasteiger partial charge in [0, 0.05) is 5.69 Å². The van der Waals surface area contributed by atoms with Gasteiger partial charge in [0.1, 0.15) is 18.3 Å². The summed E-state index contributed by atoms with van der Waals surface area (Å²) in [6.45, 7) is 4.20. The van der Waals surface area contributed by atoms with Crippen LogP contribution in [0.5, 0.6) is 0 Å². The average molecular weight is 401 g/mol. The zero-order chi connectivity index (χ0) is 21.1. The number of para-hydroxylation sites is 1. The van der Waals surface area contributed by atoms with Gasteiger partial charge in [0.15, 0.2) is 5.65 Å². The molecule has 30 heavy (non-hydrogen) atoms. The number of rotatable bonds is 6. The minimum absolute atomic E-state index is 0.120. The zero-order valence-corrected chi connectivity index (χ0v) is 16.9. The number of carbonyl (C=O) groups excluding carboxylic acids is 1. The van der Waals surface area contributed by atoms with Crippen molar-refractivity contribution < 1.29 is 4.79 Å². The molecule has 0 fully saturated rings. The summed E-state index contributed by atoms with van der Waals surface area (Å²) in [4.78, 5) is 29.6. The standard InChI is InChI=1S/C23H23N5O2/c1-3-16(2)17-9-11-18(12-10-17)26-21(29)14-27-15-24-22-20(23(27)30)13-25-28(22)19-7-5-4-6-8-19/h4-13,15-16H,3,14H2,1-2H3,(H,26,29)/t16-/m0/s1. The van der Waals surface area contributed by atoms with Gasteiger partial charge in [-0.15, -0.1) is 0 Å². The van der Waals surface area contributed by atoms with Crippen LogP contribution in [0.1, 0.15) is 31.7 Å². The summed E-state index contributed by atoms with van der Waals surface area (Å²) < 4.78 is 2.90. The normalized spacial score (nSPS) is 12.1. The van der Waals surface area contributed by atoms with Crippen molar-refractivity contribution in [3.05, 3.63) is 83.0 Å². The summed E-state index contributed by atoms with van der Waals surface area (Å²) in [5.74, 6) is 0.188. The van der Waals surface area contributed by atoms with Crippen LogP contribution >= 0.6 is 0 Å². The summed E-state index contributed by atoms with van der Waals surface area (Å²) in [5.41, 5.74) is 2.91. The number of nitrogens with one attached hydrogen (secondary N) is 1. The summed E-state index contributed by atoms with van der Waals surface area (Å²) in [6, 6.07) is 17.3. The van der Waals surface area contributed by atoms with Gasteiger partial charge in [-0.25, -0.2) is 9.67 Å². The molecule has 2 heterocycles. The van der Waals surface area contributed by atoms with Crippen LogP contribution < -0.4 is 10.9 Å². The highest BCUT2D eigenvalue weighted by molar-refractivity contribution is 5.90. The quantitative estimate of drug-likeness (QED) is 0.534. The molecular formula is C23H23N5O2. The fraction of sp³-hybridized carbons (Fsp3) is 0.217. The maximum absolute atomic E-state index is 12.8. The molecule has 0 saturated heterocycles. The molecule has 0 aliphatic carbocycles. The maximum atomic E-state index is 12.8. The minimum Gasteiger partial charge on any atom is -0.325 e. The van der Waals surface area contributed by atoms with Crippen LogP contribution in [-0.4, -0.2) is 25.2 Å². The fourth-order valence-electron chi connectivity index (χ4n) is 3.31. The van der Waals surface area contributed by atoms with Crippen LogP contribution in [0.15, 0.2) is 71.9 Å². The Morgan fingerprint density at radius 3 is 2.53 bits per heavy atom. The molecule has 7 nitrogen and oxygen atoms in total. The summed E-state index contributed by atoms with van der Waals surface area (Å²) in [7, 11) is 0. The van der Waals surface area contributed by atoms with Crippen LogP contribution in [-0.2, 0) is 11.3 Å². The van der Waals surface area contributed by atoms with E-state index < -0.39 is 0 Å². The summed E-state index contributed by atoms with van der Waals surface area (Å²) in [5, 5.41) is 7.49. The second kappa shape index (κ2) is 8.32. The molecule has 2 aromatic carbocycles. The SMILES string of the molecule is CC[C@H](C)c1ccc(NC(=O)Cn2cnc3c(cnn3-c3ccccc3)c2=O)cc1. The Kier molecular flexibility index (Phi) is 5.43. The van der Waals surface area contributed by atoms with Crippen molar-refractivity contribution in [2.45, 2.75) is 32.7 Å². The van der Waals surface area contributed by atoms with E-state index in [1.165, 1.54) is 22.7 Å². The summed E-state index contributed by atoms with van der Waals surface area (Å²) in [6.07, 6.45) is 3.93. The first kappa shape index (κ1) is 19.6. The molecule has 0 bridgehead atoms. The summed E-state index contributed by atoms with van der Waals surface area (Å²) >= 11 is 0. The third-order valence-corrected chi connectivity index (χ3v) is 5.25. The predicted octanol–water partition coefficient (Wildman–Crippen LogP) is 3.73. The number of fused-ring (bicyclic) bond motifs is 1. The topological polar surface area (TPSA) is 81.8 Å². The number of aromatic nitrogens is 4. The van der Waals surface area contributed by atoms with Crippen molar-refractivity contribution in [3.8, 4) is 5.69 Å². The van der Waals surface area contributed by atoms with E-state index in [9.17, 15) is 9.59 Å². The lowest BCUT2D eigenvalue weighted by Crippen LogP contribution is -2.27. The number of anilines is 1. The lowest BCUT2D eigenvalue weighted by Gasteiger charge is -2.11. The van der Waals surface area contributed by atoms with Crippen LogP contribution in [0.3, 0.4) is 0 Å². The third kappa shape index (κ3) is 3.87. The molecule has 0 aliphatic rings. The van der Waals surface area contributed by atoms with Gasteiger partial charge in [-0.3, -0.25) is 14.2 Å². The fourth-order valence-corrected chi connectivity index (χ4v) is 3.31. The molecule has 0 unspecified atom stereocenters. The number of amides is 1. The molecule has 4 aromatic rings. The Balaban J connectivity index is 1.52. The van der Waals surface area contributed by atoms with Gasteiger partial charge in [-0.2, -0.15) is 5.10 Å². The van der Waals surface area contributed by atoms with E-state index in [4.69, 9.17) is 0 Å². The molecular weight excluding hydrogens is 378 g/mol.